The Kier molecular flexibility index (Phi) is 3.14. The minimum Gasteiger partial charge on any atom is -0.345 e. The highest BCUT2D eigenvalue weighted by Crippen LogP contribution is 2.28. The molecule has 19 heavy (non-hydrogen) atoms. The van der Waals surface area contributed by atoms with E-state index in [2.05, 4.69) is 20.2 Å². The molecule has 1 N–H and O–H groups in total. The van der Waals surface area contributed by atoms with Gasteiger partial charge < -0.3 is 4.98 Å². The Morgan fingerprint density at radius 3 is 2.42 bits per heavy atom. The van der Waals surface area contributed by atoms with Crippen molar-refractivity contribution in [3.05, 3.63) is 67.0 Å². The number of nitrogens with zero attached hydrogens (tertiary/aromatic N) is 3. The van der Waals surface area contributed by atoms with E-state index in [0.29, 0.717) is 0 Å². The van der Waals surface area contributed by atoms with Gasteiger partial charge >= 0.3 is 0 Å². The maximum absolute atomic E-state index is 4.30. The van der Waals surface area contributed by atoms with Crippen molar-refractivity contribution in [3.8, 4) is 11.4 Å². The molecule has 0 aliphatic heterocycles. The molecule has 0 saturated carbocycles. The third-order valence-electron chi connectivity index (χ3n) is 2.69. The summed E-state index contributed by atoms with van der Waals surface area (Å²) in [5, 5.41) is 8.53. The fourth-order valence-corrected chi connectivity index (χ4v) is 1.78. The third kappa shape index (κ3) is 2.57. The normalized spacial score (nSPS) is 10.9. The van der Waals surface area contributed by atoms with Gasteiger partial charge in [-0.15, -0.1) is 5.11 Å². The molecule has 0 bridgehead atoms. The molecule has 3 rings (SSSR count). The summed E-state index contributed by atoms with van der Waals surface area (Å²) in [7, 11) is 0. The van der Waals surface area contributed by atoms with Gasteiger partial charge in [-0.3, -0.25) is 0 Å². The molecule has 0 radical (unpaired) electrons. The van der Waals surface area contributed by atoms with E-state index in [-0.39, 0.29) is 0 Å². The zero-order chi connectivity index (χ0) is 12.9. The lowest BCUT2D eigenvalue weighted by Gasteiger charge is -2.00. The Morgan fingerprint density at radius 2 is 1.63 bits per heavy atom. The van der Waals surface area contributed by atoms with Crippen molar-refractivity contribution in [3.63, 3.8) is 0 Å². The molecule has 0 unspecified atom stereocenters. The molecule has 92 valence electrons. The summed E-state index contributed by atoms with van der Waals surface area (Å²) in [6, 6.07) is 17.4. The van der Waals surface area contributed by atoms with Crippen LogP contribution in [0.1, 0.15) is 0 Å². The highest BCUT2D eigenvalue weighted by Gasteiger charge is 2.05. The molecule has 0 aliphatic rings. The van der Waals surface area contributed by atoms with E-state index in [1.54, 1.807) is 12.4 Å². The van der Waals surface area contributed by atoms with E-state index in [9.17, 15) is 0 Å². The van der Waals surface area contributed by atoms with Gasteiger partial charge in [0.15, 0.2) is 0 Å². The van der Waals surface area contributed by atoms with Crippen LogP contribution >= 0.6 is 0 Å². The minimum atomic E-state index is 0.793. The molecule has 4 heteroatoms. The van der Waals surface area contributed by atoms with Gasteiger partial charge in [-0.25, -0.2) is 4.98 Å². The summed E-state index contributed by atoms with van der Waals surface area (Å²) < 4.78 is 0. The van der Waals surface area contributed by atoms with E-state index in [0.717, 1.165) is 22.8 Å². The summed E-state index contributed by atoms with van der Waals surface area (Å²) in [4.78, 5) is 7.32. The van der Waals surface area contributed by atoms with Crippen LogP contribution in [0.15, 0.2) is 77.2 Å². The van der Waals surface area contributed by atoms with Gasteiger partial charge in [0.1, 0.15) is 5.82 Å². The van der Waals surface area contributed by atoms with E-state index in [1.165, 1.54) is 0 Å². The lowest BCUT2D eigenvalue weighted by molar-refractivity contribution is 1.22. The van der Waals surface area contributed by atoms with Gasteiger partial charge in [-0.2, -0.15) is 5.11 Å². The third-order valence-corrected chi connectivity index (χ3v) is 2.69. The molecule has 3 aromatic rings. The molecule has 2 aromatic carbocycles. The van der Waals surface area contributed by atoms with E-state index in [1.807, 2.05) is 54.6 Å². The van der Waals surface area contributed by atoms with Crippen LogP contribution in [0.2, 0.25) is 0 Å². The summed E-state index contributed by atoms with van der Waals surface area (Å²) in [6.07, 6.45) is 3.51. The Labute approximate surface area is 110 Å². The van der Waals surface area contributed by atoms with Crippen LogP contribution in [-0.4, -0.2) is 9.97 Å². The summed E-state index contributed by atoms with van der Waals surface area (Å²) in [5.41, 5.74) is 2.56. The number of H-pyrrole nitrogens is 1. The van der Waals surface area contributed by atoms with Gasteiger partial charge in [0.05, 0.1) is 11.4 Å². The van der Waals surface area contributed by atoms with Gasteiger partial charge in [0, 0.05) is 18.0 Å². The van der Waals surface area contributed by atoms with Crippen molar-refractivity contribution in [2.75, 3.05) is 0 Å². The SMILES string of the molecule is c1ccc(/N=N/c2ccccc2-c2ncc[nH]2)cc1. The molecule has 0 saturated heterocycles. The Morgan fingerprint density at radius 1 is 0.842 bits per heavy atom. The quantitative estimate of drug-likeness (QED) is 0.682. The van der Waals surface area contributed by atoms with Crippen molar-refractivity contribution in [2.45, 2.75) is 0 Å². The van der Waals surface area contributed by atoms with E-state index < -0.39 is 0 Å². The predicted octanol–water partition coefficient (Wildman–Crippen LogP) is 4.49. The molecule has 0 spiro atoms. The topological polar surface area (TPSA) is 53.4 Å². The number of aromatic amines is 1. The zero-order valence-electron chi connectivity index (χ0n) is 10.2. The summed E-state index contributed by atoms with van der Waals surface area (Å²) in [6.45, 7) is 0. The minimum absolute atomic E-state index is 0.793. The monoisotopic (exact) mass is 248 g/mol. The molecule has 1 aromatic heterocycles. The first kappa shape index (κ1) is 11.3. The second kappa shape index (κ2) is 5.27. The highest BCUT2D eigenvalue weighted by molar-refractivity contribution is 5.70. The first-order chi connectivity index (χ1) is 9.43. The lowest BCUT2D eigenvalue weighted by atomic mass is 10.2. The second-order valence-electron chi connectivity index (χ2n) is 3.99. The highest BCUT2D eigenvalue weighted by atomic mass is 15.1. The van der Waals surface area contributed by atoms with Crippen LogP contribution < -0.4 is 0 Å². The Hall–Kier alpha value is -2.75. The Bertz CT molecular complexity index is 672. The van der Waals surface area contributed by atoms with Crippen molar-refractivity contribution in [2.24, 2.45) is 10.2 Å². The summed E-state index contributed by atoms with van der Waals surface area (Å²) >= 11 is 0. The van der Waals surface area contributed by atoms with Gasteiger partial charge in [0.2, 0.25) is 0 Å². The average Bonchev–Trinajstić information content (AvgIpc) is 3.01. The molecular weight excluding hydrogens is 236 g/mol. The number of benzene rings is 2. The van der Waals surface area contributed by atoms with Crippen LogP contribution in [0.4, 0.5) is 11.4 Å². The van der Waals surface area contributed by atoms with Crippen molar-refractivity contribution >= 4 is 11.4 Å². The smallest absolute Gasteiger partial charge is 0.139 e. The van der Waals surface area contributed by atoms with Crippen molar-refractivity contribution < 1.29 is 0 Å². The number of hydrogen-bond donors (Lipinski definition) is 1. The maximum Gasteiger partial charge on any atom is 0.139 e. The maximum atomic E-state index is 4.30. The van der Waals surface area contributed by atoms with Crippen molar-refractivity contribution in [1.29, 1.82) is 0 Å². The fraction of sp³-hybridized carbons (Fsp3) is 0. The molecule has 0 aliphatic carbocycles. The van der Waals surface area contributed by atoms with Crippen LogP contribution in [0.5, 0.6) is 0 Å². The fourth-order valence-electron chi connectivity index (χ4n) is 1.78. The van der Waals surface area contributed by atoms with Gasteiger partial charge in [-0.05, 0) is 24.3 Å². The lowest BCUT2D eigenvalue weighted by Crippen LogP contribution is -1.80. The second-order valence-corrected chi connectivity index (χ2v) is 3.99. The van der Waals surface area contributed by atoms with Crippen molar-refractivity contribution in [1.82, 2.24) is 9.97 Å². The predicted molar refractivity (Wildman–Crippen MR) is 74.6 cm³/mol. The van der Waals surface area contributed by atoms with Crippen LogP contribution in [0, 0.1) is 0 Å². The standard InChI is InChI=1S/C15H12N4/c1-2-6-12(7-3-1)18-19-14-9-5-4-8-13(14)15-16-10-11-17-15/h1-11H,(H,16,17)/b19-18+. The molecular formula is C15H12N4. The zero-order valence-corrected chi connectivity index (χ0v) is 10.2. The largest absolute Gasteiger partial charge is 0.345 e. The number of rotatable bonds is 3. The van der Waals surface area contributed by atoms with E-state index in [4.69, 9.17) is 0 Å². The van der Waals surface area contributed by atoms with Crippen LogP contribution in [0.25, 0.3) is 11.4 Å². The van der Waals surface area contributed by atoms with Gasteiger partial charge in [-0.1, -0.05) is 30.3 Å². The van der Waals surface area contributed by atoms with Gasteiger partial charge in [0.25, 0.3) is 0 Å². The molecule has 0 fully saturated rings. The first-order valence-corrected chi connectivity index (χ1v) is 5.99. The molecule has 0 amide bonds. The van der Waals surface area contributed by atoms with Crippen LogP contribution in [0.3, 0.4) is 0 Å². The average molecular weight is 248 g/mol. The first-order valence-electron chi connectivity index (χ1n) is 5.99. The Balaban J connectivity index is 1.96. The summed E-state index contributed by atoms with van der Waals surface area (Å²) in [5.74, 6) is 0.794. The van der Waals surface area contributed by atoms with E-state index >= 15 is 0 Å². The van der Waals surface area contributed by atoms with Crippen LogP contribution in [-0.2, 0) is 0 Å². The number of imidazole rings is 1. The number of hydrogen-bond acceptors (Lipinski definition) is 3. The number of nitrogens with one attached hydrogen (secondary N) is 1. The molecule has 4 nitrogen and oxygen atoms in total. The molecule has 1 heterocycles. The number of aromatic nitrogens is 2. The molecule has 0 atom stereocenters. The number of azo groups is 1.